The summed E-state index contributed by atoms with van der Waals surface area (Å²) in [6.45, 7) is 6.66. The van der Waals surface area contributed by atoms with Crippen LogP contribution in [-0.2, 0) is 6.42 Å². The normalized spacial score (nSPS) is 17.1. The fourth-order valence-corrected chi connectivity index (χ4v) is 3.65. The van der Waals surface area contributed by atoms with Crippen molar-refractivity contribution in [2.45, 2.75) is 33.2 Å². The van der Waals surface area contributed by atoms with Gasteiger partial charge in [0.05, 0.1) is 6.04 Å². The van der Waals surface area contributed by atoms with E-state index in [4.69, 9.17) is 4.42 Å². The van der Waals surface area contributed by atoms with Gasteiger partial charge in [0, 0.05) is 16.3 Å². The molecule has 1 atom stereocenters. The van der Waals surface area contributed by atoms with Gasteiger partial charge >= 0.3 is 0 Å². The van der Waals surface area contributed by atoms with Crippen LogP contribution >= 0.6 is 0 Å². The summed E-state index contributed by atoms with van der Waals surface area (Å²) < 4.78 is 6.45. The Morgan fingerprint density at radius 2 is 1.88 bits per heavy atom. The van der Waals surface area contributed by atoms with E-state index in [1.54, 1.807) is 0 Å². The lowest BCUT2D eigenvalue weighted by molar-refractivity contribution is 0.617. The fourth-order valence-electron chi connectivity index (χ4n) is 3.65. The van der Waals surface area contributed by atoms with Gasteiger partial charge in [-0.2, -0.15) is 0 Å². The van der Waals surface area contributed by atoms with Crippen molar-refractivity contribution in [1.82, 2.24) is 5.32 Å². The van der Waals surface area contributed by atoms with Gasteiger partial charge in [-0.15, -0.1) is 0 Å². The quantitative estimate of drug-likeness (QED) is 0.659. The first-order chi connectivity index (χ1) is 11.6. The molecule has 0 amide bonds. The van der Waals surface area contributed by atoms with E-state index in [0.717, 1.165) is 17.6 Å². The lowest BCUT2D eigenvalue weighted by Gasteiger charge is -2.18. The van der Waals surface area contributed by atoms with Crippen molar-refractivity contribution in [1.29, 1.82) is 0 Å². The highest BCUT2D eigenvalue weighted by molar-refractivity contribution is 6.07. The lowest BCUT2D eigenvalue weighted by Crippen LogP contribution is -2.16. The molecule has 0 radical (unpaired) electrons. The highest BCUT2D eigenvalue weighted by atomic mass is 16.3. The molecule has 0 fully saturated rings. The maximum atomic E-state index is 6.45. The lowest BCUT2D eigenvalue weighted by atomic mass is 9.96. The SMILES string of the molecule is Cc1ccc2c(oc3c(CC(C)C)cccc32)c1C1C=CC=CN1. The van der Waals surface area contributed by atoms with Crippen LogP contribution in [-0.4, -0.2) is 0 Å². The minimum Gasteiger partial charge on any atom is -0.455 e. The van der Waals surface area contributed by atoms with E-state index in [-0.39, 0.29) is 6.04 Å². The Hall–Kier alpha value is -2.48. The van der Waals surface area contributed by atoms with Gasteiger partial charge in [0.2, 0.25) is 0 Å². The Bertz CT molecular complexity index is 959. The molecule has 3 aromatic rings. The van der Waals surface area contributed by atoms with Gasteiger partial charge in [-0.3, -0.25) is 0 Å². The van der Waals surface area contributed by atoms with Crippen LogP contribution in [0.4, 0.5) is 0 Å². The first kappa shape index (κ1) is 15.1. The molecule has 4 rings (SSSR count). The Balaban J connectivity index is 1.98. The van der Waals surface area contributed by atoms with Gasteiger partial charge in [-0.05, 0) is 42.7 Å². The van der Waals surface area contributed by atoms with Crippen molar-refractivity contribution in [2.24, 2.45) is 5.92 Å². The summed E-state index contributed by atoms with van der Waals surface area (Å²) >= 11 is 0. The first-order valence-corrected chi connectivity index (χ1v) is 8.68. The number of fused-ring (bicyclic) bond motifs is 3. The number of benzene rings is 2. The van der Waals surface area contributed by atoms with Gasteiger partial charge in [0.1, 0.15) is 11.2 Å². The topological polar surface area (TPSA) is 25.2 Å². The number of nitrogens with one attached hydrogen (secondary N) is 1. The summed E-state index contributed by atoms with van der Waals surface area (Å²) in [6, 6.07) is 11.1. The number of para-hydroxylation sites is 1. The third kappa shape index (κ3) is 2.43. The second-order valence-electron chi connectivity index (χ2n) is 7.06. The van der Waals surface area contributed by atoms with Crippen LogP contribution in [0.25, 0.3) is 21.9 Å². The molecule has 2 heteroatoms. The first-order valence-electron chi connectivity index (χ1n) is 8.68. The molecule has 0 bridgehead atoms. The zero-order valence-corrected chi connectivity index (χ0v) is 14.5. The molecule has 1 aliphatic heterocycles. The molecule has 0 saturated carbocycles. The van der Waals surface area contributed by atoms with E-state index in [9.17, 15) is 0 Å². The number of allylic oxidation sites excluding steroid dienone is 2. The maximum Gasteiger partial charge on any atom is 0.141 e. The smallest absolute Gasteiger partial charge is 0.141 e. The van der Waals surface area contributed by atoms with E-state index in [1.165, 1.54) is 27.5 Å². The zero-order valence-electron chi connectivity index (χ0n) is 14.5. The summed E-state index contributed by atoms with van der Waals surface area (Å²) in [6.07, 6.45) is 9.33. The molecule has 0 aliphatic carbocycles. The zero-order chi connectivity index (χ0) is 16.7. The second kappa shape index (κ2) is 5.86. The van der Waals surface area contributed by atoms with Crippen LogP contribution in [0.3, 0.4) is 0 Å². The minimum absolute atomic E-state index is 0.160. The summed E-state index contributed by atoms with van der Waals surface area (Å²) in [5.41, 5.74) is 5.85. The monoisotopic (exact) mass is 317 g/mol. The Morgan fingerprint density at radius 3 is 2.62 bits per heavy atom. The fraction of sp³-hybridized carbons (Fsp3) is 0.273. The molecule has 1 aliphatic rings. The van der Waals surface area contributed by atoms with Crippen molar-refractivity contribution in [3.8, 4) is 0 Å². The van der Waals surface area contributed by atoms with Crippen LogP contribution in [0.15, 0.2) is 59.2 Å². The van der Waals surface area contributed by atoms with Gasteiger partial charge in [-0.1, -0.05) is 56.3 Å². The van der Waals surface area contributed by atoms with E-state index in [2.05, 4.69) is 68.6 Å². The van der Waals surface area contributed by atoms with Crippen molar-refractivity contribution in [2.75, 3.05) is 0 Å². The van der Waals surface area contributed by atoms with Crippen molar-refractivity contribution in [3.63, 3.8) is 0 Å². The Labute approximate surface area is 142 Å². The van der Waals surface area contributed by atoms with Gasteiger partial charge in [0.15, 0.2) is 0 Å². The number of aryl methyl sites for hydroxylation is 1. The predicted molar refractivity (Wildman–Crippen MR) is 101 cm³/mol. The third-order valence-corrected chi connectivity index (χ3v) is 4.73. The van der Waals surface area contributed by atoms with Crippen LogP contribution < -0.4 is 5.32 Å². The molecular weight excluding hydrogens is 294 g/mol. The summed E-state index contributed by atoms with van der Waals surface area (Å²) in [7, 11) is 0. The average Bonchev–Trinajstić information content (AvgIpc) is 2.94. The number of furan rings is 1. The third-order valence-electron chi connectivity index (χ3n) is 4.73. The minimum atomic E-state index is 0.160. The highest BCUT2D eigenvalue weighted by Crippen LogP contribution is 2.37. The summed E-state index contributed by atoms with van der Waals surface area (Å²) in [5, 5.41) is 5.86. The number of rotatable bonds is 3. The average molecular weight is 317 g/mol. The highest BCUT2D eigenvalue weighted by Gasteiger charge is 2.20. The summed E-state index contributed by atoms with van der Waals surface area (Å²) in [5.74, 6) is 0.609. The Morgan fingerprint density at radius 1 is 1.04 bits per heavy atom. The molecule has 2 nitrogen and oxygen atoms in total. The molecular formula is C22H23NO. The number of dihydropyridines is 1. The van der Waals surface area contributed by atoms with Crippen LogP contribution in [0, 0.1) is 12.8 Å². The maximum absolute atomic E-state index is 6.45. The van der Waals surface area contributed by atoms with Crippen LogP contribution in [0.1, 0.15) is 36.6 Å². The van der Waals surface area contributed by atoms with Gasteiger partial charge in [-0.25, -0.2) is 0 Å². The van der Waals surface area contributed by atoms with Crippen molar-refractivity contribution < 1.29 is 4.42 Å². The van der Waals surface area contributed by atoms with Gasteiger partial charge in [0.25, 0.3) is 0 Å². The van der Waals surface area contributed by atoms with Crippen LogP contribution in [0.2, 0.25) is 0 Å². The number of hydrogen-bond donors (Lipinski definition) is 1. The largest absolute Gasteiger partial charge is 0.455 e. The molecule has 1 aromatic heterocycles. The molecule has 1 unspecified atom stereocenters. The van der Waals surface area contributed by atoms with E-state index >= 15 is 0 Å². The summed E-state index contributed by atoms with van der Waals surface area (Å²) in [4.78, 5) is 0. The predicted octanol–water partition coefficient (Wildman–Crippen LogP) is 5.81. The van der Waals surface area contributed by atoms with Gasteiger partial charge < -0.3 is 9.73 Å². The van der Waals surface area contributed by atoms with Crippen molar-refractivity contribution >= 4 is 21.9 Å². The standard InChI is InChI=1S/C22H23NO/c1-14(2)13-16-7-6-8-17-18-11-10-15(3)20(22(18)24-21(16)17)19-9-4-5-12-23-19/h4-12,14,19,23H,13H2,1-3H3. The Kier molecular flexibility index (Phi) is 3.68. The molecule has 1 N–H and O–H groups in total. The number of hydrogen-bond acceptors (Lipinski definition) is 2. The van der Waals surface area contributed by atoms with E-state index in [0.29, 0.717) is 5.92 Å². The van der Waals surface area contributed by atoms with Crippen LogP contribution in [0.5, 0.6) is 0 Å². The second-order valence-corrected chi connectivity index (χ2v) is 7.06. The van der Waals surface area contributed by atoms with E-state index in [1.807, 2.05) is 12.3 Å². The molecule has 2 aromatic carbocycles. The molecule has 0 saturated heterocycles. The molecule has 24 heavy (non-hydrogen) atoms. The van der Waals surface area contributed by atoms with E-state index < -0.39 is 0 Å². The molecule has 122 valence electrons. The van der Waals surface area contributed by atoms with Crippen molar-refractivity contribution in [3.05, 3.63) is 71.5 Å². The molecule has 0 spiro atoms. The molecule has 2 heterocycles.